The molecule has 2 aromatic carbocycles. The lowest BCUT2D eigenvalue weighted by atomic mass is 10.1. The van der Waals surface area contributed by atoms with E-state index in [0.29, 0.717) is 0 Å². The van der Waals surface area contributed by atoms with E-state index in [1.54, 1.807) is 0 Å². The second kappa shape index (κ2) is 8.42. The van der Waals surface area contributed by atoms with Crippen LogP contribution in [0.5, 0.6) is 0 Å². The Morgan fingerprint density at radius 1 is 1.09 bits per heavy atom. The first-order valence-corrected chi connectivity index (χ1v) is 8.20. The third-order valence-electron chi connectivity index (χ3n) is 3.89. The van der Waals surface area contributed by atoms with E-state index in [0.717, 1.165) is 35.7 Å². The number of carbonyl (C=O) groups excluding carboxylic acids is 1. The minimum Gasteiger partial charge on any atom is -0.446 e. The molecule has 0 fully saturated rings. The molecule has 1 atom stereocenters. The number of nitrogens with one attached hydrogen (secondary N) is 1. The van der Waals surface area contributed by atoms with E-state index in [4.69, 9.17) is 4.74 Å². The topological polar surface area (TPSA) is 38.3 Å². The number of hydrogen-bond donors (Lipinski definition) is 1. The first kappa shape index (κ1) is 16.3. The molecule has 3 heteroatoms. The van der Waals surface area contributed by atoms with Crippen molar-refractivity contribution in [2.45, 2.75) is 52.1 Å². The van der Waals surface area contributed by atoms with Crippen molar-refractivity contribution in [2.24, 2.45) is 0 Å². The van der Waals surface area contributed by atoms with Crippen LogP contribution in [-0.2, 0) is 4.74 Å². The summed E-state index contributed by atoms with van der Waals surface area (Å²) in [6, 6.07) is 13.9. The van der Waals surface area contributed by atoms with Gasteiger partial charge in [0.25, 0.3) is 0 Å². The van der Waals surface area contributed by atoms with E-state index < -0.39 is 0 Å². The van der Waals surface area contributed by atoms with Gasteiger partial charge >= 0.3 is 6.09 Å². The molecular weight excluding hydrogens is 274 g/mol. The van der Waals surface area contributed by atoms with Crippen LogP contribution in [0.1, 0.15) is 46.0 Å². The average molecular weight is 299 g/mol. The van der Waals surface area contributed by atoms with E-state index in [2.05, 4.69) is 19.2 Å². The fraction of sp³-hybridized carbons (Fsp3) is 0.421. The minimum atomic E-state index is -0.361. The van der Waals surface area contributed by atoms with Crippen molar-refractivity contribution >= 4 is 22.6 Å². The first-order chi connectivity index (χ1) is 10.7. The van der Waals surface area contributed by atoms with Gasteiger partial charge in [-0.2, -0.15) is 0 Å². The quantitative estimate of drug-likeness (QED) is 0.661. The highest BCUT2D eigenvalue weighted by molar-refractivity contribution is 6.00. The maximum atomic E-state index is 12.1. The lowest BCUT2D eigenvalue weighted by Gasteiger charge is -2.17. The third-order valence-corrected chi connectivity index (χ3v) is 3.89. The smallest absolute Gasteiger partial charge is 0.411 e. The summed E-state index contributed by atoms with van der Waals surface area (Å²) in [6.45, 7) is 4.23. The second-order valence-corrected chi connectivity index (χ2v) is 5.58. The highest BCUT2D eigenvalue weighted by atomic mass is 16.6. The largest absolute Gasteiger partial charge is 0.446 e. The highest BCUT2D eigenvalue weighted by Gasteiger charge is 2.13. The number of rotatable bonds is 7. The monoisotopic (exact) mass is 299 g/mol. The zero-order chi connectivity index (χ0) is 15.8. The molecule has 1 N–H and O–H groups in total. The summed E-state index contributed by atoms with van der Waals surface area (Å²) in [4.78, 5) is 12.1. The van der Waals surface area contributed by atoms with Crippen molar-refractivity contribution in [1.82, 2.24) is 0 Å². The molecule has 0 aliphatic heterocycles. The molecule has 1 amide bonds. The molecule has 0 bridgehead atoms. The van der Waals surface area contributed by atoms with Crippen LogP contribution in [0.3, 0.4) is 0 Å². The first-order valence-electron chi connectivity index (χ1n) is 8.20. The molecule has 0 aliphatic rings. The van der Waals surface area contributed by atoms with E-state index in [1.807, 2.05) is 42.5 Å². The Hall–Kier alpha value is -2.03. The minimum absolute atomic E-state index is 0.00141. The van der Waals surface area contributed by atoms with Crippen LogP contribution < -0.4 is 5.32 Å². The molecular formula is C19H25NO2. The molecule has 2 aromatic rings. The average Bonchev–Trinajstić information content (AvgIpc) is 2.54. The predicted molar refractivity (Wildman–Crippen MR) is 92.3 cm³/mol. The summed E-state index contributed by atoms with van der Waals surface area (Å²) in [5.41, 5.74) is 0.798. The van der Waals surface area contributed by atoms with Crippen molar-refractivity contribution < 1.29 is 9.53 Å². The van der Waals surface area contributed by atoms with Crippen LogP contribution in [0, 0.1) is 0 Å². The van der Waals surface area contributed by atoms with E-state index >= 15 is 0 Å². The molecule has 22 heavy (non-hydrogen) atoms. The zero-order valence-corrected chi connectivity index (χ0v) is 13.5. The normalized spacial score (nSPS) is 12.1. The van der Waals surface area contributed by atoms with E-state index in [-0.39, 0.29) is 12.2 Å². The molecule has 0 radical (unpaired) electrons. The maximum Gasteiger partial charge on any atom is 0.411 e. The lowest BCUT2D eigenvalue weighted by Crippen LogP contribution is -2.22. The summed E-state index contributed by atoms with van der Waals surface area (Å²) >= 11 is 0. The Labute approximate surface area is 132 Å². The van der Waals surface area contributed by atoms with Gasteiger partial charge in [-0.1, -0.05) is 63.1 Å². The summed E-state index contributed by atoms with van der Waals surface area (Å²) in [6.07, 6.45) is 4.90. The maximum absolute atomic E-state index is 12.1. The molecule has 0 aliphatic carbocycles. The van der Waals surface area contributed by atoms with E-state index in [9.17, 15) is 4.79 Å². The lowest BCUT2D eigenvalue weighted by molar-refractivity contribution is 0.101. The van der Waals surface area contributed by atoms with Crippen molar-refractivity contribution in [1.29, 1.82) is 0 Å². The van der Waals surface area contributed by atoms with Gasteiger partial charge in [-0.05, 0) is 30.7 Å². The summed E-state index contributed by atoms with van der Waals surface area (Å²) < 4.78 is 5.55. The Balaban J connectivity index is 1.98. The predicted octanol–water partition coefficient (Wildman–Crippen LogP) is 5.75. The second-order valence-electron chi connectivity index (χ2n) is 5.58. The number of anilines is 1. The Morgan fingerprint density at radius 2 is 1.86 bits per heavy atom. The molecule has 0 heterocycles. The zero-order valence-electron chi connectivity index (χ0n) is 13.5. The number of fused-ring (bicyclic) bond motifs is 1. The van der Waals surface area contributed by atoms with Gasteiger partial charge < -0.3 is 4.74 Å². The van der Waals surface area contributed by atoms with Gasteiger partial charge in [0.1, 0.15) is 6.10 Å². The number of benzene rings is 2. The van der Waals surface area contributed by atoms with Gasteiger partial charge in [0, 0.05) is 5.39 Å². The molecule has 118 valence electrons. The fourth-order valence-corrected chi connectivity index (χ4v) is 2.59. The van der Waals surface area contributed by atoms with Gasteiger partial charge in [-0.3, -0.25) is 5.32 Å². The number of hydrogen-bond acceptors (Lipinski definition) is 2. The molecule has 0 saturated carbocycles. The number of amides is 1. The van der Waals surface area contributed by atoms with Crippen LogP contribution in [0.25, 0.3) is 10.8 Å². The summed E-state index contributed by atoms with van der Waals surface area (Å²) in [5.74, 6) is 0. The van der Waals surface area contributed by atoms with E-state index in [1.165, 1.54) is 12.8 Å². The fourth-order valence-electron chi connectivity index (χ4n) is 2.59. The van der Waals surface area contributed by atoms with Gasteiger partial charge in [0.15, 0.2) is 0 Å². The third kappa shape index (κ3) is 4.48. The Bertz CT molecular complexity index is 604. The van der Waals surface area contributed by atoms with Gasteiger partial charge in [0.2, 0.25) is 0 Å². The molecule has 0 saturated heterocycles. The van der Waals surface area contributed by atoms with Crippen LogP contribution in [0.2, 0.25) is 0 Å². The number of carbonyl (C=O) groups is 1. The van der Waals surface area contributed by atoms with Crippen LogP contribution in [0.15, 0.2) is 42.5 Å². The SMILES string of the molecule is CCCCC[C@@H](CC)OC(=O)Nc1cccc2ccccc12. The van der Waals surface area contributed by atoms with Crippen molar-refractivity contribution in [3.63, 3.8) is 0 Å². The van der Waals surface area contributed by atoms with Crippen molar-refractivity contribution in [3.05, 3.63) is 42.5 Å². The Morgan fingerprint density at radius 3 is 2.64 bits per heavy atom. The molecule has 2 rings (SSSR count). The van der Waals surface area contributed by atoms with Gasteiger partial charge in [-0.15, -0.1) is 0 Å². The van der Waals surface area contributed by atoms with Crippen LogP contribution in [0.4, 0.5) is 10.5 Å². The Kier molecular flexibility index (Phi) is 6.26. The number of ether oxygens (including phenoxy) is 1. The molecule has 0 aromatic heterocycles. The van der Waals surface area contributed by atoms with Crippen LogP contribution >= 0.6 is 0 Å². The van der Waals surface area contributed by atoms with Crippen LogP contribution in [-0.4, -0.2) is 12.2 Å². The highest BCUT2D eigenvalue weighted by Crippen LogP contribution is 2.23. The van der Waals surface area contributed by atoms with Crippen molar-refractivity contribution in [2.75, 3.05) is 5.32 Å². The van der Waals surface area contributed by atoms with Gasteiger partial charge in [0.05, 0.1) is 5.69 Å². The molecule has 0 unspecified atom stereocenters. The summed E-state index contributed by atoms with van der Waals surface area (Å²) in [5, 5.41) is 5.01. The number of unbranched alkanes of at least 4 members (excludes halogenated alkanes) is 2. The summed E-state index contributed by atoms with van der Waals surface area (Å²) in [7, 11) is 0. The molecule has 3 nitrogen and oxygen atoms in total. The standard InChI is InChI=1S/C19H25NO2/c1-3-5-6-12-16(4-2)22-19(21)20-18-14-9-11-15-10-7-8-13-17(15)18/h7-11,13-14,16H,3-6,12H2,1-2H3,(H,20,21)/t16-/m1/s1. The van der Waals surface area contributed by atoms with Crippen molar-refractivity contribution in [3.8, 4) is 0 Å². The molecule has 0 spiro atoms. The van der Waals surface area contributed by atoms with Gasteiger partial charge in [-0.25, -0.2) is 4.79 Å².